The fourth-order valence-corrected chi connectivity index (χ4v) is 3.66. The second-order valence-corrected chi connectivity index (χ2v) is 7.66. The molecule has 5 heteroatoms. The van der Waals surface area contributed by atoms with Crippen LogP contribution in [0.25, 0.3) is 0 Å². The lowest BCUT2D eigenvalue weighted by molar-refractivity contribution is 0.597. The molecule has 1 N–H and O–H groups in total. The molecular formula is C16H15BrCl2IN. The van der Waals surface area contributed by atoms with Crippen LogP contribution in [-0.4, -0.2) is 6.54 Å². The fourth-order valence-electron chi connectivity index (χ4n) is 2.15. The van der Waals surface area contributed by atoms with Gasteiger partial charge in [-0.3, -0.25) is 0 Å². The highest BCUT2D eigenvalue weighted by Gasteiger charge is 2.19. The number of nitrogens with one attached hydrogen (secondary N) is 1. The van der Waals surface area contributed by atoms with Crippen molar-refractivity contribution in [1.29, 1.82) is 0 Å². The van der Waals surface area contributed by atoms with Gasteiger partial charge < -0.3 is 5.32 Å². The van der Waals surface area contributed by atoms with E-state index in [0.29, 0.717) is 10.0 Å². The van der Waals surface area contributed by atoms with Crippen molar-refractivity contribution in [2.45, 2.75) is 19.4 Å². The number of benzene rings is 2. The second kappa shape index (κ2) is 8.16. The normalized spacial score (nSPS) is 12.4. The van der Waals surface area contributed by atoms with Crippen molar-refractivity contribution >= 4 is 61.7 Å². The number of hydrogen-bond acceptors (Lipinski definition) is 1. The topological polar surface area (TPSA) is 12.0 Å². The summed E-state index contributed by atoms with van der Waals surface area (Å²) in [6.07, 6.45) is 1.06. The predicted octanol–water partition coefficient (Wildman–Crippen LogP) is 6.45. The standard InChI is InChI=1S/C16H15BrCl2IN/c1-2-7-21-16(12-5-3-10(18)8-15(12)19)13-9-11(20)4-6-14(13)17/h3-6,8-9,16,21H,2,7H2,1H3. The van der Waals surface area contributed by atoms with E-state index < -0.39 is 0 Å². The number of halogens is 4. The molecule has 0 bridgehead atoms. The lowest BCUT2D eigenvalue weighted by Crippen LogP contribution is -2.24. The van der Waals surface area contributed by atoms with Crippen LogP contribution in [0.1, 0.15) is 30.5 Å². The maximum atomic E-state index is 6.40. The third kappa shape index (κ3) is 4.58. The molecule has 0 saturated heterocycles. The molecule has 0 aromatic heterocycles. The maximum Gasteiger partial charge on any atom is 0.0603 e. The van der Waals surface area contributed by atoms with Gasteiger partial charge in [-0.05, 0) is 77.0 Å². The van der Waals surface area contributed by atoms with Gasteiger partial charge in [0.25, 0.3) is 0 Å². The zero-order valence-electron chi connectivity index (χ0n) is 11.5. The Bertz CT molecular complexity index is 634. The van der Waals surface area contributed by atoms with Gasteiger partial charge in [0.1, 0.15) is 0 Å². The molecule has 21 heavy (non-hydrogen) atoms. The molecule has 0 spiro atoms. The SMILES string of the molecule is CCCNC(c1ccc(Cl)cc1Cl)c1cc(I)ccc1Br. The number of rotatable bonds is 5. The Morgan fingerprint density at radius 1 is 1.14 bits per heavy atom. The molecule has 0 heterocycles. The van der Waals surface area contributed by atoms with E-state index in [4.69, 9.17) is 23.2 Å². The quantitative estimate of drug-likeness (QED) is 0.467. The Morgan fingerprint density at radius 3 is 2.57 bits per heavy atom. The molecular weight excluding hydrogens is 484 g/mol. The van der Waals surface area contributed by atoms with Crippen LogP contribution in [0.4, 0.5) is 0 Å². The van der Waals surface area contributed by atoms with Crippen molar-refractivity contribution in [2.75, 3.05) is 6.54 Å². The first-order chi connectivity index (χ1) is 10.0. The first kappa shape index (κ1) is 17.5. The van der Waals surface area contributed by atoms with Gasteiger partial charge in [-0.25, -0.2) is 0 Å². The van der Waals surface area contributed by atoms with Crippen molar-refractivity contribution in [3.63, 3.8) is 0 Å². The van der Waals surface area contributed by atoms with E-state index in [0.717, 1.165) is 23.0 Å². The largest absolute Gasteiger partial charge is 0.306 e. The lowest BCUT2D eigenvalue weighted by Gasteiger charge is -2.22. The van der Waals surface area contributed by atoms with E-state index in [1.807, 2.05) is 12.1 Å². The highest BCUT2D eigenvalue weighted by molar-refractivity contribution is 14.1. The van der Waals surface area contributed by atoms with Gasteiger partial charge in [-0.15, -0.1) is 0 Å². The monoisotopic (exact) mass is 497 g/mol. The molecule has 0 saturated carbocycles. The van der Waals surface area contributed by atoms with E-state index >= 15 is 0 Å². The van der Waals surface area contributed by atoms with Gasteiger partial charge in [0.2, 0.25) is 0 Å². The third-order valence-electron chi connectivity index (χ3n) is 3.14. The molecule has 0 aliphatic heterocycles. The minimum atomic E-state index is 0.0406. The molecule has 1 unspecified atom stereocenters. The van der Waals surface area contributed by atoms with E-state index in [1.54, 1.807) is 6.07 Å². The highest BCUT2D eigenvalue weighted by atomic mass is 127. The Labute approximate surface area is 157 Å². The second-order valence-electron chi connectivity index (χ2n) is 4.72. The molecule has 112 valence electrons. The smallest absolute Gasteiger partial charge is 0.0603 e. The first-order valence-electron chi connectivity index (χ1n) is 6.66. The molecule has 2 aromatic carbocycles. The maximum absolute atomic E-state index is 6.40. The summed E-state index contributed by atoms with van der Waals surface area (Å²) in [5.41, 5.74) is 2.22. The summed E-state index contributed by atoms with van der Waals surface area (Å²) in [6.45, 7) is 3.07. The van der Waals surface area contributed by atoms with Gasteiger partial charge in [-0.1, -0.05) is 52.1 Å². The predicted molar refractivity (Wildman–Crippen MR) is 103 cm³/mol. The van der Waals surface area contributed by atoms with Crippen LogP contribution in [0.2, 0.25) is 10.0 Å². The van der Waals surface area contributed by atoms with Crippen LogP contribution in [0, 0.1) is 3.57 Å². The summed E-state index contributed by atoms with van der Waals surface area (Å²) < 4.78 is 2.27. The van der Waals surface area contributed by atoms with Crippen LogP contribution in [0.5, 0.6) is 0 Å². The van der Waals surface area contributed by atoms with Crippen LogP contribution in [0.15, 0.2) is 40.9 Å². The average molecular weight is 499 g/mol. The Morgan fingerprint density at radius 2 is 1.90 bits per heavy atom. The van der Waals surface area contributed by atoms with Gasteiger partial charge in [0, 0.05) is 18.1 Å². The van der Waals surface area contributed by atoms with Crippen molar-refractivity contribution in [3.05, 3.63) is 65.6 Å². The summed E-state index contributed by atoms with van der Waals surface area (Å²) in [5, 5.41) is 4.90. The molecule has 0 radical (unpaired) electrons. The van der Waals surface area contributed by atoms with E-state index in [-0.39, 0.29) is 6.04 Å². The summed E-state index contributed by atoms with van der Waals surface area (Å²) in [5.74, 6) is 0. The molecule has 1 atom stereocenters. The van der Waals surface area contributed by atoms with Gasteiger partial charge >= 0.3 is 0 Å². The summed E-state index contributed by atoms with van der Waals surface area (Å²) in [6, 6.07) is 12.0. The Kier molecular flexibility index (Phi) is 6.81. The fraction of sp³-hybridized carbons (Fsp3) is 0.250. The van der Waals surface area contributed by atoms with E-state index in [2.05, 4.69) is 69.0 Å². The van der Waals surface area contributed by atoms with Crippen molar-refractivity contribution in [3.8, 4) is 0 Å². The first-order valence-corrected chi connectivity index (χ1v) is 9.29. The van der Waals surface area contributed by atoms with Crippen molar-refractivity contribution in [2.24, 2.45) is 0 Å². The van der Waals surface area contributed by atoms with E-state index in [9.17, 15) is 0 Å². The molecule has 2 aromatic rings. The summed E-state index contributed by atoms with van der Waals surface area (Å²) in [7, 11) is 0. The summed E-state index contributed by atoms with van der Waals surface area (Å²) in [4.78, 5) is 0. The zero-order valence-corrected chi connectivity index (χ0v) is 16.7. The van der Waals surface area contributed by atoms with Crippen LogP contribution in [-0.2, 0) is 0 Å². The van der Waals surface area contributed by atoms with Crippen LogP contribution < -0.4 is 5.32 Å². The van der Waals surface area contributed by atoms with Crippen molar-refractivity contribution in [1.82, 2.24) is 5.32 Å². The minimum absolute atomic E-state index is 0.0406. The average Bonchev–Trinajstić information content (AvgIpc) is 2.44. The molecule has 0 aliphatic carbocycles. The minimum Gasteiger partial charge on any atom is -0.306 e. The molecule has 0 amide bonds. The van der Waals surface area contributed by atoms with E-state index in [1.165, 1.54) is 9.13 Å². The molecule has 0 aliphatic rings. The van der Waals surface area contributed by atoms with Gasteiger partial charge in [-0.2, -0.15) is 0 Å². The molecule has 1 nitrogen and oxygen atoms in total. The van der Waals surface area contributed by atoms with Crippen LogP contribution in [0.3, 0.4) is 0 Å². The Balaban J connectivity index is 2.49. The van der Waals surface area contributed by atoms with Gasteiger partial charge in [0.05, 0.1) is 6.04 Å². The highest BCUT2D eigenvalue weighted by Crippen LogP contribution is 2.34. The lowest BCUT2D eigenvalue weighted by atomic mass is 9.98. The van der Waals surface area contributed by atoms with Gasteiger partial charge in [0.15, 0.2) is 0 Å². The third-order valence-corrected chi connectivity index (χ3v) is 5.10. The molecule has 0 fully saturated rings. The number of hydrogen-bond donors (Lipinski definition) is 1. The Hall–Kier alpha value is 0.190. The molecule has 2 rings (SSSR count). The summed E-state index contributed by atoms with van der Waals surface area (Å²) >= 11 is 18.4. The van der Waals surface area contributed by atoms with Crippen LogP contribution >= 0.6 is 61.7 Å². The zero-order chi connectivity index (χ0) is 15.4. The van der Waals surface area contributed by atoms with Crippen molar-refractivity contribution < 1.29 is 0 Å².